The first kappa shape index (κ1) is 11.6. The molecule has 1 heteroatoms. The fourth-order valence-electron chi connectivity index (χ4n) is 1.71. The molecular weight excluding hydrogens is 192 g/mol. The third-order valence-electron chi connectivity index (χ3n) is 2.64. The topological polar surface area (TPSA) is 0 Å². The Labute approximate surface area is 92.3 Å². The lowest BCUT2D eigenvalue weighted by Gasteiger charge is -2.13. The molecule has 1 rings (SSSR count). The van der Waals surface area contributed by atoms with E-state index in [0.717, 1.165) is 12.8 Å². The number of aryl methyl sites for hydroxylation is 1. The maximum Gasteiger partial charge on any atom is 0.0313 e. The van der Waals surface area contributed by atoms with Gasteiger partial charge in [-0.25, -0.2) is 0 Å². The molecule has 2 unspecified atom stereocenters. The summed E-state index contributed by atoms with van der Waals surface area (Å²) in [6.07, 6.45) is 2.16. The van der Waals surface area contributed by atoms with Crippen LogP contribution >= 0.6 is 11.6 Å². The molecule has 0 aliphatic heterocycles. The van der Waals surface area contributed by atoms with E-state index >= 15 is 0 Å². The SMILES string of the molecule is CCc1ccc(C(C)CC(C)Cl)cc1. The third-order valence-corrected chi connectivity index (χ3v) is 2.81. The van der Waals surface area contributed by atoms with Crippen LogP contribution in [0.1, 0.15) is 44.2 Å². The first-order chi connectivity index (χ1) is 6.63. The quantitative estimate of drug-likeness (QED) is 0.648. The molecule has 0 spiro atoms. The molecule has 0 saturated heterocycles. The zero-order valence-electron chi connectivity index (χ0n) is 9.26. The van der Waals surface area contributed by atoms with Crippen molar-refractivity contribution in [3.8, 4) is 0 Å². The summed E-state index contributed by atoms with van der Waals surface area (Å²) >= 11 is 5.98. The summed E-state index contributed by atoms with van der Waals surface area (Å²) in [5, 5.41) is 0.260. The summed E-state index contributed by atoms with van der Waals surface area (Å²) in [5.74, 6) is 0.563. The van der Waals surface area contributed by atoms with Gasteiger partial charge in [0, 0.05) is 5.38 Å². The molecule has 0 N–H and O–H groups in total. The Hall–Kier alpha value is -0.490. The normalized spacial score (nSPS) is 15.1. The van der Waals surface area contributed by atoms with Gasteiger partial charge in [-0.15, -0.1) is 11.6 Å². The highest BCUT2D eigenvalue weighted by Crippen LogP contribution is 2.22. The largest absolute Gasteiger partial charge is 0.123 e. The lowest BCUT2D eigenvalue weighted by molar-refractivity contribution is 0.670. The van der Waals surface area contributed by atoms with E-state index in [1.54, 1.807) is 0 Å². The van der Waals surface area contributed by atoms with Gasteiger partial charge in [-0.2, -0.15) is 0 Å². The Bertz CT molecular complexity index is 261. The van der Waals surface area contributed by atoms with Gasteiger partial charge in [0.2, 0.25) is 0 Å². The predicted molar refractivity (Wildman–Crippen MR) is 64.2 cm³/mol. The molecule has 0 nitrogen and oxygen atoms in total. The van der Waals surface area contributed by atoms with Crippen LogP contribution in [0.5, 0.6) is 0 Å². The van der Waals surface area contributed by atoms with Crippen LogP contribution in [0.3, 0.4) is 0 Å². The first-order valence-corrected chi connectivity index (χ1v) is 5.80. The van der Waals surface area contributed by atoms with Crippen LogP contribution in [0.15, 0.2) is 24.3 Å². The maximum atomic E-state index is 5.98. The highest BCUT2D eigenvalue weighted by atomic mass is 35.5. The third kappa shape index (κ3) is 3.34. The number of halogens is 1. The van der Waals surface area contributed by atoms with Crippen LogP contribution in [0.4, 0.5) is 0 Å². The molecule has 0 aliphatic carbocycles. The average molecular weight is 211 g/mol. The summed E-state index contributed by atoms with van der Waals surface area (Å²) < 4.78 is 0. The zero-order valence-corrected chi connectivity index (χ0v) is 10.0. The molecule has 1 aromatic carbocycles. The van der Waals surface area contributed by atoms with E-state index in [9.17, 15) is 0 Å². The van der Waals surface area contributed by atoms with E-state index in [4.69, 9.17) is 11.6 Å². The molecule has 0 amide bonds. The van der Waals surface area contributed by atoms with Crippen molar-refractivity contribution in [3.05, 3.63) is 35.4 Å². The van der Waals surface area contributed by atoms with Crippen LogP contribution in [-0.4, -0.2) is 5.38 Å². The number of hydrogen-bond donors (Lipinski definition) is 0. The van der Waals surface area contributed by atoms with Gasteiger partial charge < -0.3 is 0 Å². The van der Waals surface area contributed by atoms with Gasteiger partial charge in [0.15, 0.2) is 0 Å². The Morgan fingerprint density at radius 1 is 1.14 bits per heavy atom. The smallest absolute Gasteiger partial charge is 0.0313 e. The van der Waals surface area contributed by atoms with Crippen molar-refractivity contribution in [1.82, 2.24) is 0 Å². The van der Waals surface area contributed by atoms with Crippen molar-refractivity contribution in [3.63, 3.8) is 0 Å². The number of alkyl halides is 1. The molecule has 14 heavy (non-hydrogen) atoms. The van der Waals surface area contributed by atoms with Gasteiger partial charge in [0.1, 0.15) is 0 Å². The molecule has 0 aromatic heterocycles. The Morgan fingerprint density at radius 3 is 2.14 bits per heavy atom. The molecule has 0 saturated carbocycles. The molecular formula is C13H19Cl. The standard InChI is InChI=1S/C13H19Cl/c1-4-12-5-7-13(8-6-12)10(2)9-11(3)14/h5-8,10-11H,4,9H2,1-3H3. The van der Waals surface area contributed by atoms with E-state index in [-0.39, 0.29) is 5.38 Å². The second-order valence-electron chi connectivity index (χ2n) is 4.01. The maximum absolute atomic E-state index is 5.98. The van der Waals surface area contributed by atoms with E-state index in [1.807, 2.05) is 0 Å². The van der Waals surface area contributed by atoms with Gasteiger partial charge in [-0.3, -0.25) is 0 Å². The van der Waals surface area contributed by atoms with Gasteiger partial charge in [0.25, 0.3) is 0 Å². The zero-order chi connectivity index (χ0) is 10.6. The summed E-state index contributed by atoms with van der Waals surface area (Å²) in [6.45, 7) is 6.47. The Balaban J connectivity index is 2.66. The van der Waals surface area contributed by atoms with E-state index in [1.165, 1.54) is 11.1 Å². The molecule has 0 heterocycles. The minimum absolute atomic E-state index is 0.260. The number of rotatable bonds is 4. The van der Waals surface area contributed by atoms with Crippen molar-refractivity contribution in [2.45, 2.75) is 44.9 Å². The second-order valence-corrected chi connectivity index (χ2v) is 4.76. The molecule has 0 bridgehead atoms. The fourth-order valence-corrected chi connectivity index (χ4v) is 1.97. The van der Waals surface area contributed by atoms with Crippen LogP contribution in [0, 0.1) is 0 Å². The molecule has 78 valence electrons. The number of hydrogen-bond acceptors (Lipinski definition) is 0. The Kier molecular flexibility index (Phi) is 4.47. The summed E-state index contributed by atoms with van der Waals surface area (Å²) in [4.78, 5) is 0. The van der Waals surface area contributed by atoms with Crippen LogP contribution in [0.2, 0.25) is 0 Å². The van der Waals surface area contributed by atoms with E-state index in [2.05, 4.69) is 45.0 Å². The first-order valence-electron chi connectivity index (χ1n) is 5.36. The monoisotopic (exact) mass is 210 g/mol. The van der Waals surface area contributed by atoms with Crippen molar-refractivity contribution in [1.29, 1.82) is 0 Å². The summed E-state index contributed by atoms with van der Waals surface area (Å²) in [5.41, 5.74) is 2.80. The highest BCUT2D eigenvalue weighted by molar-refractivity contribution is 6.20. The lowest BCUT2D eigenvalue weighted by atomic mass is 9.95. The minimum Gasteiger partial charge on any atom is -0.123 e. The average Bonchev–Trinajstić information content (AvgIpc) is 2.17. The molecule has 0 aliphatic rings. The van der Waals surface area contributed by atoms with Crippen LogP contribution < -0.4 is 0 Å². The molecule has 0 fully saturated rings. The van der Waals surface area contributed by atoms with Gasteiger partial charge in [-0.05, 0) is 36.8 Å². The van der Waals surface area contributed by atoms with Crippen molar-refractivity contribution in [2.75, 3.05) is 0 Å². The molecule has 0 radical (unpaired) electrons. The van der Waals surface area contributed by atoms with Crippen molar-refractivity contribution >= 4 is 11.6 Å². The fraction of sp³-hybridized carbons (Fsp3) is 0.538. The van der Waals surface area contributed by atoms with Crippen LogP contribution in [0.25, 0.3) is 0 Å². The van der Waals surface area contributed by atoms with Crippen molar-refractivity contribution in [2.24, 2.45) is 0 Å². The minimum atomic E-state index is 0.260. The van der Waals surface area contributed by atoms with Gasteiger partial charge >= 0.3 is 0 Å². The lowest BCUT2D eigenvalue weighted by Crippen LogP contribution is -2.00. The van der Waals surface area contributed by atoms with Gasteiger partial charge in [0.05, 0.1) is 0 Å². The van der Waals surface area contributed by atoms with Crippen molar-refractivity contribution < 1.29 is 0 Å². The molecule has 1 aromatic rings. The van der Waals surface area contributed by atoms with Crippen LogP contribution in [-0.2, 0) is 6.42 Å². The van der Waals surface area contributed by atoms with E-state index < -0.39 is 0 Å². The molecule has 2 atom stereocenters. The van der Waals surface area contributed by atoms with E-state index in [0.29, 0.717) is 5.92 Å². The highest BCUT2D eigenvalue weighted by Gasteiger charge is 2.08. The Morgan fingerprint density at radius 2 is 1.71 bits per heavy atom. The second kappa shape index (κ2) is 5.41. The number of benzene rings is 1. The predicted octanol–water partition coefficient (Wildman–Crippen LogP) is 4.37. The summed E-state index contributed by atoms with van der Waals surface area (Å²) in [7, 11) is 0. The van der Waals surface area contributed by atoms with Gasteiger partial charge in [-0.1, -0.05) is 38.1 Å². The summed E-state index contributed by atoms with van der Waals surface area (Å²) in [6, 6.07) is 8.88.